The Bertz CT molecular complexity index is 512. The normalized spacial score (nSPS) is 16.1. The number of amides is 4. The van der Waals surface area contributed by atoms with Crippen LogP contribution in [0.25, 0.3) is 0 Å². The van der Waals surface area contributed by atoms with Crippen molar-refractivity contribution < 1.29 is 14.4 Å². The molecule has 5 nitrogen and oxygen atoms in total. The van der Waals surface area contributed by atoms with E-state index in [1.165, 1.54) is 0 Å². The van der Waals surface area contributed by atoms with E-state index in [4.69, 9.17) is 0 Å². The number of hydrogen-bond donors (Lipinski definition) is 1. The highest BCUT2D eigenvalue weighted by molar-refractivity contribution is 14.1. The first kappa shape index (κ1) is 12.5. The Hall–Kier alpha value is -0.960. The van der Waals surface area contributed by atoms with Crippen LogP contribution in [0.1, 0.15) is 6.42 Å². The third kappa shape index (κ3) is 2.49. The lowest BCUT2D eigenvalue weighted by atomic mass is 10.2. The van der Waals surface area contributed by atoms with Crippen molar-refractivity contribution in [1.29, 1.82) is 0 Å². The molecule has 1 aromatic rings. The Balaban J connectivity index is 2.45. The lowest BCUT2D eigenvalue weighted by molar-refractivity contribution is -0.128. The largest absolute Gasteiger partial charge is 0.335 e. The predicted octanol–water partition coefficient (Wildman–Crippen LogP) is 2.03. The van der Waals surface area contributed by atoms with Crippen molar-refractivity contribution in [3.05, 3.63) is 26.2 Å². The summed E-state index contributed by atoms with van der Waals surface area (Å²) in [6.07, 6.45) is -0.316. The van der Waals surface area contributed by atoms with Crippen LogP contribution >= 0.6 is 38.5 Å². The molecule has 88 valence electrons. The van der Waals surface area contributed by atoms with Gasteiger partial charge in [-0.3, -0.25) is 14.9 Å². The predicted molar refractivity (Wildman–Crippen MR) is 72.5 cm³/mol. The van der Waals surface area contributed by atoms with E-state index in [-0.39, 0.29) is 6.42 Å². The molecule has 2 rings (SSSR count). The van der Waals surface area contributed by atoms with Gasteiger partial charge < -0.3 is 0 Å². The van der Waals surface area contributed by atoms with Crippen molar-refractivity contribution in [1.82, 2.24) is 5.32 Å². The lowest BCUT2D eigenvalue weighted by Crippen LogP contribution is -2.53. The van der Waals surface area contributed by atoms with Crippen molar-refractivity contribution in [3.63, 3.8) is 0 Å². The van der Waals surface area contributed by atoms with Crippen LogP contribution in [-0.2, 0) is 9.59 Å². The summed E-state index contributed by atoms with van der Waals surface area (Å²) >= 11 is 5.35. The lowest BCUT2D eigenvalue weighted by Gasteiger charge is -2.25. The number of carbonyl (C=O) groups is 3. The van der Waals surface area contributed by atoms with Crippen LogP contribution in [-0.4, -0.2) is 17.8 Å². The Morgan fingerprint density at radius 1 is 1.29 bits per heavy atom. The number of nitrogens with zero attached hydrogens (tertiary/aromatic N) is 1. The molecular formula is C10H6BrIN2O3. The van der Waals surface area contributed by atoms with Crippen molar-refractivity contribution >= 4 is 62.1 Å². The standard InChI is InChI=1S/C10H6BrIN2O3/c11-6-2-1-5(12)3-7(6)14-9(16)4-8(15)13-10(14)17/h1-3H,4H2,(H,13,15,17). The van der Waals surface area contributed by atoms with Gasteiger partial charge in [-0.15, -0.1) is 0 Å². The molecule has 7 heteroatoms. The quantitative estimate of drug-likeness (QED) is 0.571. The van der Waals surface area contributed by atoms with Gasteiger partial charge in [0.05, 0.1) is 5.69 Å². The van der Waals surface area contributed by atoms with Crippen LogP contribution < -0.4 is 10.2 Å². The topological polar surface area (TPSA) is 66.5 Å². The molecule has 0 unspecified atom stereocenters. The van der Waals surface area contributed by atoms with Gasteiger partial charge in [0.25, 0.3) is 0 Å². The monoisotopic (exact) mass is 408 g/mol. The highest BCUT2D eigenvalue weighted by Crippen LogP contribution is 2.29. The molecular weight excluding hydrogens is 403 g/mol. The van der Waals surface area contributed by atoms with Crippen molar-refractivity contribution in [2.45, 2.75) is 6.42 Å². The minimum atomic E-state index is -0.714. The van der Waals surface area contributed by atoms with Crippen LogP contribution in [0, 0.1) is 3.57 Å². The number of benzene rings is 1. The average molecular weight is 409 g/mol. The maximum absolute atomic E-state index is 11.7. The van der Waals surface area contributed by atoms with Gasteiger partial charge in [0.15, 0.2) is 0 Å². The second-order valence-corrected chi connectivity index (χ2v) is 5.45. The van der Waals surface area contributed by atoms with E-state index in [0.717, 1.165) is 8.47 Å². The minimum Gasteiger partial charge on any atom is -0.277 e. The molecule has 0 radical (unpaired) electrons. The first-order valence-electron chi connectivity index (χ1n) is 4.61. The van der Waals surface area contributed by atoms with E-state index in [0.29, 0.717) is 10.2 Å². The summed E-state index contributed by atoms with van der Waals surface area (Å²) in [4.78, 5) is 35.3. The summed E-state index contributed by atoms with van der Waals surface area (Å²) in [5.41, 5.74) is 0.437. The second kappa shape index (κ2) is 4.73. The van der Waals surface area contributed by atoms with Gasteiger partial charge in [-0.2, -0.15) is 0 Å². The number of carbonyl (C=O) groups excluding carboxylic acids is 3. The van der Waals surface area contributed by atoms with Crippen LogP contribution in [0.4, 0.5) is 10.5 Å². The first-order valence-corrected chi connectivity index (χ1v) is 6.48. The minimum absolute atomic E-state index is 0.316. The van der Waals surface area contributed by atoms with E-state index < -0.39 is 17.8 Å². The van der Waals surface area contributed by atoms with Crippen LogP contribution in [0.15, 0.2) is 22.7 Å². The molecule has 0 aliphatic carbocycles. The van der Waals surface area contributed by atoms with Crippen molar-refractivity contribution in [2.75, 3.05) is 4.90 Å². The number of rotatable bonds is 1. The van der Waals surface area contributed by atoms with Gasteiger partial charge >= 0.3 is 6.03 Å². The van der Waals surface area contributed by atoms with E-state index in [2.05, 4.69) is 43.8 Å². The number of barbiturate groups is 1. The van der Waals surface area contributed by atoms with Crippen LogP contribution in [0.2, 0.25) is 0 Å². The summed E-state index contributed by atoms with van der Waals surface area (Å²) in [7, 11) is 0. The van der Waals surface area contributed by atoms with E-state index in [1.54, 1.807) is 12.1 Å². The third-order valence-electron chi connectivity index (χ3n) is 2.16. The van der Waals surface area contributed by atoms with E-state index in [9.17, 15) is 14.4 Å². The number of nitrogens with one attached hydrogen (secondary N) is 1. The number of imide groups is 2. The summed E-state index contributed by atoms with van der Waals surface area (Å²) in [5.74, 6) is -1.10. The van der Waals surface area contributed by atoms with Gasteiger partial charge in [-0.05, 0) is 56.7 Å². The Morgan fingerprint density at radius 3 is 2.65 bits per heavy atom. The zero-order chi connectivity index (χ0) is 12.6. The van der Waals surface area contributed by atoms with Crippen molar-refractivity contribution in [2.24, 2.45) is 0 Å². The van der Waals surface area contributed by atoms with Crippen molar-refractivity contribution in [3.8, 4) is 0 Å². The first-order chi connectivity index (χ1) is 7.99. The fourth-order valence-electron chi connectivity index (χ4n) is 1.45. The third-order valence-corrected chi connectivity index (χ3v) is 3.50. The van der Waals surface area contributed by atoms with Gasteiger partial charge in [0.1, 0.15) is 6.42 Å². The molecule has 1 fully saturated rings. The van der Waals surface area contributed by atoms with Gasteiger partial charge in [-0.25, -0.2) is 9.69 Å². The molecule has 0 bridgehead atoms. The molecule has 0 atom stereocenters. The molecule has 1 aromatic carbocycles. The fraction of sp³-hybridized carbons (Fsp3) is 0.100. The molecule has 1 N–H and O–H groups in total. The number of hydrogen-bond acceptors (Lipinski definition) is 3. The average Bonchev–Trinajstić information content (AvgIpc) is 2.21. The smallest absolute Gasteiger partial charge is 0.277 e. The highest BCUT2D eigenvalue weighted by atomic mass is 127. The van der Waals surface area contributed by atoms with Crippen LogP contribution in [0.5, 0.6) is 0 Å². The number of urea groups is 1. The zero-order valence-corrected chi connectivity index (χ0v) is 12.1. The molecule has 1 aliphatic heterocycles. The molecule has 17 heavy (non-hydrogen) atoms. The maximum atomic E-state index is 11.7. The summed E-state index contributed by atoms with van der Waals surface area (Å²) < 4.78 is 1.51. The Kier molecular flexibility index (Phi) is 3.48. The summed E-state index contributed by atoms with van der Waals surface area (Å²) in [6, 6.07) is 4.56. The molecule has 4 amide bonds. The van der Waals surface area contributed by atoms with E-state index >= 15 is 0 Å². The summed E-state index contributed by atoms with van der Waals surface area (Å²) in [6.45, 7) is 0. The molecule has 0 spiro atoms. The van der Waals surface area contributed by atoms with Gasteiger partial charge in [0, 0.05) is 8.04 Å². The van der Waals surface area contributed by atoms with Gasteiger partial charge in [-0.1, -0.05) is 0 Å². The van der Waals surface area contributed by atoms with Gasteiger partial charge in [0.2, 0.25) is 11.8 Å². The number of anilines is 1. The molecule has 1 saturated heterocycles. The molecule has 1 heterocycles. The highest BCUT2D eigenvalue weighted by Gasteiger charge is 2.33. The molecule has 1 aliphatic rings. The fourth-order valence-corrected chi connectivity index (χ4v) is 2.35. The molecule has 0 aromatic heterocycles. The SMILES string of the molecule is O=C1CC(=O)N(c2cc(I)ccc2Br)C(=O)N1. The number of halogens is 2. The second-order valence-electron chi connectivity index (χ2n) is 3.35. The summed E-state index contributed by atoms with van der Waals surface area (Å²) in [5, 5.41) is 2.11. The zero-order valence-electron chi connectivity index (χ0n) is 8.37. The Labute approximate surface area is 119 Å². The van der Waals surface area contributed by atoms with E-state index in [1.807, 2.05) is 6.07 Å². The molecule has 0 saturated carbocycles. The maximum Gasteiger partial charge on any atom is 0.335 e. The Morgan fingerprint density at radius 2 is 2.00 bits per heavy atom. The van der Waals surface area contributed by atoms with Crippen LogP contribution in [0.3, 0.4) is 0 Å².